The molecule has 7 heteroatoms. The maximum absolute atomic E-state index is 6.17. The van der Waals surface area contributed by atoms with Gasteiger partial charge in [-0.3, -0.25) is 4.68 Å². The lowest BCUT2D eigenvalue weighted by Crippen LogP contribution is -2.34. The Morgan fingerprint density at radius 2 is 1.94 bits per heavy atom. The molecule has 0 radical (unpaired) electrons. The summed E-state index contributed by atoms with van der Waals surface area (Å²) >= 11 is 0. The van der Waals surface area contributed by atoms with Crippen LogP contribution >= 0.6 is 0 Å². The number of likely N-dealkylation sites (tertiary alicyclic amines) is 1. The summed E-state index contributed by atoms with van der Waals surface area (Å²) in [6.45, 7) is 6.20. The van der Waals surface area contributed by atoms with Crippen LogP contribution in [0.4, 0.5) is 0 Å². The fraction of sp³-hybridized carbons (Fsp3) is 0.630. The molecule has 184 valence electrons. The predicted molar refractivity (Wildman–Crippen MR) is 134 cm³/mol. The molecular weight excluding hydrogens is 426 g/mol. The molecule has 34 heavy (non-hydrogen) atoms. The minimum atomic E-state index is 0.732. The number of fused-ring (bicyclic) bond motifs is 1. The van der Waals surface area contributed by atoms with E-state index in [2.05, 4.69) is 46.3 Å². The molecule has 2 aliphatic rings. The number of aromatic nitrogens is 3. The van der Waals surface area contributed by atoms with Gasteiger partial charge in [-0.25, -0.2) is 0 Å². The topological polar surface area (TPSA) is 59.6 Å². The standard InChI is InChI=1S/C27H39N5O2/c1-30(2)19-24-26(33-20-22-5-6-22)10-8-23-25(29-34-27(23)24)9-7-21-11-17-31(18-12-21)14-4-16-32-15-3-13-28-32/h3,8,10,13,15,21-22H,4-7,9,11-12,14,16-20H2,1-2H3. The first-order valence-electron chi connectivity index (χ1n) is 13.0. The van der Waals surface area contributed by atoms with Crippen molar-refractivity contribution in [3.05, 3.63) is 41.9 Å². The first kappa shape index (κ1) is 23.4. The SMILES string of the molecule is CN(C)Cc1c(OCC2CC2)ccc2c(CCC3CCN(CCCn4cccn4)CC3)noc12. The zero-order valence-electron chi connectivity index (χ0n) is 20.8. The van der Waals surface area contributed by atoms with Crippen molar-refractivity contribution >= 4 is 11.0 Å². The van der Waals surface area contributed by atoms with E-state index in [9.17, 15) is 0 Å². The molecule has 0 atom stereocenters. The lowest BCUT2D eigenvalue weighted by atomic mass is 9.91. The molecule has 1 saturated heterocycles. The van der Waals surface area contributed by atoms with Gasteiger partial charge < -0.3 is 19.1 Å². The Morgan fingerprint density at radius 1 is 1.09 bits per heavy atom. The second kappa shape index (κ2) is 10.9. The van der Waals surface area contributed by atoms with Crippen molar-refractivity contribution in [2.75, 3.05) is 40.3 Å². The fourth-order valence-electron chi connectivity index (χ4n) is 5.09. The quantitative estimate of drug-likeness (QED) is 0.389. The van der Waals surface area contributed by atoms with Gasteiger partial charge in [0.2, 0.25) is 0 Å². The Hall–Kier alpha value is -2.38. The van der Waals surface area contributed by atoms with E-state index in [1.165, 1.54) is 58.2 Å². The summed E-state index contributed by atoms with van der Waals surface area (Å²) < 4.78 is 14.1. The zero-order valence-corrected chi connectivity index (χ0v) is 20.8. The largest absolute Gasteiger partial charge is 0.493 e. The van der Waals surface area contributed by atoms with Crippen molar-refractivity contribution in [2.45, 2.75) is 58.0 Å². The number of rotatable bonds is 12. The predicted octanol–water partition coefficient (Wildman–Crippen LogP) is 4.61. The molecule has 0 amide bonds. The Labute approximate surface area is 203 Å². The molecule has 0 spiro atoms. The molecule has 2 aromatic heterocycles. The van der Waals surface area contributed by atoms with E-state index >= 15 is 0 Å². The molecule has 1 aromatic carbocycles. The van der Waals surface area contributed by atoms with Crippen LogP contribution in [0.3, 0.4) is 0 Å². The highest BCUT2D eigenvalue weighted by Gasteiger charge is 2.24. The first-order chi connectivity index (χ1) is 16.7. The highest BCUT2D eigenvalue weighted by molar-refractivity contribution is 5.84. The first-order valence-corrected chi connectivity index (χ1v) is 13.0. The van der Waals surface area contributed by atoms with Crippen LogP contribution in [-0.4, -0.2) is 65.1 Å². The average Bonchev–Trinajstić information content (AvgIpc) is 3.34. The van der Waals surface area contributed by atoms with Gasteiger partial charge in [0.05, 0.1) is 17.9 Å². The Morgan fingerprint density at radius 3 is 2.68 bits per heavy atom. The summed E-state index contributed by atoms with van der Waals surface area (Å²) in [5.74, 6) is 2.46. The van der Waals surface area contributed by atoms with Crippen molar-refractivity contribution in [1.29, 1.82) is 0 Å². The van der Waals surface area contributed by atoms with Gasteiger partial charge in [0.15, 0.2) is 5.58 Å². The molecule has 3 heterocycles. The monoisotopic (exact) mass is 465 g/mol. The summed E-state index contributed by atoms with van der Waals surface area (Å²) in [4.78, 5) is 4.78. The van der Waals surface area contributed by atoms with E-state index in [0.29, 0.717) is 0 Å². The van der Waals surface area contributed by atoms with Crippen LogP contribution < -0.4 is 4.74 Å². The fourth-order valence-corrected chi connectivity index (χ4v) is 5.09. The lowest BCUT2D eigenvalue weighted by molar-refractivity contribution is 0.174. The third kappa shape index (κ3) is 5.99. The molecule has 1 aliphatic carbocycles. The van der Waals surface area contributed by atoms with Crippen molar-refractivity contribution in [1.82, 2.24) is 24.7 Å². The summed E-state index contributed by atoms with van der Waals surface area (Å²) in [6, 6.07) is 6.28. The van der Waals surface area contributed by atoms with Crippen LogP contribution in [0.25, 0.3) is 11.0 Å². The number of hydrogen-bond donors (Lipinski definition) is 0. The molecule has 0 bridgehead atoms. The van der Waals surface area contributed by atoms with E-state index in [0.717, 1.165) is 65.9 Å². The number of piperidine rings is 1. The third-order valence-corrected chi connectivity index (χ3v) is 7.34. The summed E-state index contributed by atoms with van der Waals surface area (Å²) in [7, 11) is 4.18. The van der Waals surface area contributed by atoms with Gasteiger partial charge in [0, 0.05) is 30.9 Å². The van der Waals surface area contributed by atoms with Crippen molar-refractivity contribution in [3.8, 4) is 5.75 Å². The van der Waals surface area contributed by atoms with Crippen molar-refractivity contribution < 1.29 is 9.26 Å². The molecule has 0 N–H and O–H groups in total. The highest BCUT2D eigenvalue weighted by Crippen LogP contribution is 2.35. The number of hydrogen-bond acceptors (Lipinski definition) is 6. The van der Waals surface area contributed by atoms with Crippen LogP contribution in [0.2, 0.25) is 0 Å². The normalized spacial score (nSPS) is 17.7. The van der Waals surface area contributed by atoms with E-state index in [4.69, 9.17) is 9.26 Å². The maximum atomic E-state index is 6.17. The van der Waals surface area contributed by atoms with Gasteiger partial charge in [-0.15, -0.1) is 0 Å². The number of ether oxygens (including phenoxy) is 1. The lowest BCUT2D eigenvalue weighted by Gasteiger charge is -2.31. The zero-order chi connectivity index (χ0) is 23.3. The molecule has 1 saturated carbocycles. The molecule has 5 rings (SSSR count). The molecule has 7 nitrogen and oxygen atoms in total. The average molecular weight is 466 g/mol. The van der Waals surface area contributed by atoms with Crippen molar-refractivity contribution in [2.24, 2.45) is 11.8 Å². The third-order valence-electron chi connectivity index (χ3n) is 7.34. The number of aryl methyl sites for hydroxylation is 2. The van der Waals surface area contributed by atoms with Gasteiger partial charge in [0.1, 0.15) is 5.75 Å². The van der Waals surface area contributed by atoms with Crippen LogP contribution in [0.1, 0.15) is 49.8 Å². The summed E-state index contributed by atoms with van der Waals surface area (Å²) in [5, 5.41) is 9.97. The molecule has 3 aromatic rings. The minimum Gasteiger partial charge on any atom is -0.493 e. The Balaban J connectivity index is 1.13. The van der Waals surface area contributed by atoms with E-state index in [-0.39, 0.29) is 0 Å². The van der Waals surface area contributed by atoms with Gasteiger partial charge in [-0.05, 0) is 109 Å². The second-order valence-electron chi connectivity index (χ2n) is 10.5. The van der Waals surface area contributed by atoms with Crippen LogP contribution in [0.15, 0.2) is 35.1 Å². The smallest absolute Gasteiger partial charge is 0.175 e. The van der Waals surface area contributed by atoms with Crippen LogP contribution in [0.5, 0.6) is 5.75 Å². The second-order valence-corrected chi connectivity index (χ2v) is 10.5. The van der Waals surface area contributed by atoms with Gasteiger partial charge in [-0.2, -0.15) is 5.10 Å². The molecular formula is C27H39N5O2. The summed E-state index contributed by atoms with van der Waals surface area (Å²) in [6.07, 6.45) is 12.4. The molecule has 1 aliphatic heterocycles. The van der Waals surface area contributed by atoms with Crippen molar-refractivity contribution in [3.63, 3.8) is 0 Å². The van der Waals surface area contributed by atoms with E-state index in [1.807, 2.05) is 23.1 Å². The van der Waals surface area contributed by atoms with E-state index < -0.39 is 0 Å². The van der Waals surface area contributed by atoms with E-state index in [1.54, 1.807) is 0 Å². The molecule has 2 fully saturated rings. The van der Waals surface area contributed by atoms with Crippen LogP contribution in [-0.2, 0) is 19.5 Å². The van der Waals surface area contributed by atoms with Gasteiger partial charge in [0.25, 0.3) is 0 Å². The maximum Gasteiger partial charge on any atom is 0.175 e. The van der Waals surface area contributed by atoms with Gasteiger partial charge >= 0.3 is 0 Å². The number of nitrogens with zero attached hydrogens (tertiary/aromatic N) is 5. The Bertz CT molecular complexity index is 1030. The molecule has 0 unspecified atom stereocenters. The van der Waals surface area contributed by atoms with Crippen LogP contribution in [0, 0.1) is 11.8 Å². The number of benzene rings is 1. The highest BCUT2D eigenvalue weighted by atomic mass is 16.5. The minimum absolute atomic E-state index is 0.732. The van der Waals surface area contributed by atoms with Gasteiger partial charge in [-0.1, -0.05) is 5.16 Å². The Kier molecular flexibility index (Phi) is 7.50. The summed E-state index contributed by atoms with van der Waals surface area (Å²) in [5.41, 5.74) is 3.14.